The van der Waals surface area contributed by atoms with Gasteiger partial charge in [0.1, 0.15) is 11.6 Å². The number of carbonyl (C=O) groups excluding carboxylic acids is 1. The van der Waals surface area contributed by atoms with Crippen molar-refractivity contribution < 1.29 is 9.53 Å². The molecule has 0 bridgehead atoms. The van der Waals surface area contributed by atoms with Crippen LogP contribution in [0.25, 0.3) is 5.69 Å². The molecule has 29 heavy (non-hydrogen) atoms. The Kier molecular flexibility index (Phi) is 6.97. The van der Waals surface area contributed by atoms with Gasteiger partial charge in [-0.05, 0) is 75.2 Å². The summed E-state index contributed by atoms with van der Waals surface area (Å²) in [6.07, 6.45) is 0. The predicted molar refractivity (Wildman–Crippen MR) is 120 cm³/mol. The molecule has 0 fully saturated rings. The lowest BCUT2D eigenvalue weighted by Crippen LogP contribution is -2.16. The molecule has 3 aromatic rings. The van der Waals surface area contributed by atoms with Crippen molar-refractivity contribution in [2.45, 2.75) is 32.9 Å². The first-order valence-electron chi connectivity index (χ1n) is 9.23. The molecular weight excluding hydrogens is 452 g/mol. The van der Waals surface area contributed by atoms with Crippen LogP contribution in [0, 0.1) is 20.8 Å². The second-order valence-corrected chi connectivity index (χ2v) is 8.40. The van der Waals surface area contributed by atoms with E-state index in [1.165, 1.54) is 11.8 Å². The quantitative estimate of drug-likeness (QED) is 0.483. The number of halogens is 1. The summed E-state index contributed by atoms with van der Waals surface area (Å²) in [4.78, 5) is 12.5. The van der Waals surface area contributed by atoms with Gasteiger partial charge in [0.05, 0.1) is 12.4 Å². The van der Waals surface area contributed by atoms with Crippen LogP contribution in [0.5, 0.6) is 5.75 Å². The van der Waals surface area contributed by atoms with Gasteiger partial charge in [0, 0.05) is 15.8 Å². The molecule has 6 nitrogen and oxygen atoms in total. The molecule has 1 N–H and O–H groups in total. The molecule has 0 unspecified atom stereocenters. The van der Waals surface area contributed by atoms with E-state index >= 15 is 0 Å². The highest BCUT2D eigenvalue weighted by atomic mass is 79.9. The lowest BCUT2D eigenvalue weighted by Gasteiger charge is -2.13. The van der Waals surface area contributed by atoms with Gasteiger partial charge in [-0.3, -0.25) is 9.36 Å². The van der Waals surface area contributed by atoms with Crippen LogP contribution in [0.15, 0.2) is 46.0 Å². The van der Waals surface area contributed by atoms with Crippen molar-refractivity contribution in [3.63, 3.8) is 0 Å². The van der Waals surface area contributed by atoms with Gasteiger partial charge in [-0.2, -0.15) is 0 Å². The number of nitrogens with one attached hydrogen (secondary N) is 1. The molecule has 0 atom stereocenters. The Morgan fingerprint density at radius 3 is 2.41 bits per heavy atom. The minimum absolute atomic E-state index is 0.0811. The lowest BCUT2D eigenvalue weighted by molar-refractivity contribution is -0.113. The zero-order valence-corrected chi connectivity index (χ0v) is 19.2. The van der Waals surface area contributed by atoms with E-state index < -0.39 is 0 Å². The van der Waals surface area contributed by atoms with Crippen LogP contribution in [0.3, 0.4) is 0 Å². The molecule has 152 valence electrons. The van der Waals surface area contributed by atoms with Crippen LogP contribution in [-0.4, -0.2) is 33.0 Å². The standard InChI is InChI=1S/C21H23BrN4O2S/c1-5-28-18-8-6-17(7-9-18)26-15(4)24-25-21(26)29-12-19(27)23-20-13(2)10-16(22)11-14(20)3/h6-11H,5,12H2,1-4H3,(H,23,27). The fraction of sp³-hybridized carbons (Fsp3) is 0.286. The zero-order chi connectivity index (χ0) is 21.0. The zero-order valence-electron chi connectivity index (χ0n) is 16.8. The number of thioether (sulfide) groups is 1. The molecule has 2 aromatic carbocycles. The van der Waals surface area contributed by atoms with Gasteiger partial charge in [0.2, 0.25) is 5.91 Å². The van der Waals surface area contributed by atoms with Crippen LogP contribution >= 0.6 is 27.7 Å². The fourth-order valence-electron chi connectivity index (χ4n) is 3.01. The molecule has 3 rings (SSSR count). The third-order valence-electron chi connectivity index (χ3n) is 4.30. The summed E-state index contributed by atoms with van der Waals surface area (Å²) >= 11 is 4.83. The van der Waals surface area contributed by atoms with Crippen LogP contribution in [0.4, 0.5) is 5.69 Å². The minimum atomic E-state index is -0.0811. The van der Waals surface area contributed by atoms with Gasteiger partial charge >= 0.3 is 0 Å². The van der Waals surface area contributed by atoms with E-state index in [1.807, 2.05) is 68.7 Å². The molecular formula is C21H23BrN4O2S. The van der Waals surface area contributed by atoms with E-state index in [2.05, 4.69) is 31.4 Å². The summed E-state index contributed by atoms with van der Waals surface area (Å²) in [6.45, 7) is 8.43. The molecule has 1 aromatic heterocycles. The maximum atomic E-state index is 12.5. The number of anilines is 1. The summed E-state index contributed by atoms with van der Waals surface area (Å²) in [5, 5.41) is 12.1. The van der Waals surface area contributed by atoms with Crippen molar-refractivity contribution in [2.75, 3.05) is 17.7 Å². The maximum Gasteiger partial charge on any atom is 0.234 e. The molecule has 1 amide bonds. The number of aromatic nitrogens is 3. The number of hydrogen-bond donors (Lipinski definition) is 1. The number of hydrogen-bond acceptors (Lipinski definition) is 5. The number of benzene rings is 2. The van der Waals surface area contributed by atoms with Crippen molar-refractivity contribution in [1.82, 2.24) is 14.8 Å². The molecule has 0 saturated carbocycles. The molecule has 1 heterocycles. The van der Waals surface area contributed by atoms with Crippen LogP contribution in [0.1, 0.15) is 23.9 Å². The summed E-state index contributed by atoms with van der Waals surface area (Å²) in [6, 6.07) is 11.7. The van der Waals surface area contributed by atoms with Gasteiger partial charge < -0.3 is 10.1 Å². The van der Waals surface area contributed by atoms with Crippen molar-refractivity contribution in [2.24, 2.45) is 0 Å². The Bertz CT molecular complexity index is 995. The molecule has 0 saturated heterocycles. The Hall–Kier alpha value is -2.32. The van der Waals surface area contributed by atoms with Crippen LogP contribution < -0.4 is 10.1 Å². The second-order valence-electron chi connectivity index (χ2n) is 6.54. The van der Waals surface area contributed by atoms with Crippen molar-refractivity contribution in [3.05, 3.63) is 57.8 Å². The molecule has 0 spiro atoms. The predicted octanol–water partition coefficient (Wildman–Crippen LogP) is 5.08. The fourth-order valence-corrected chi connectivity index (χ4v) is 4.49. The second kappa shape index (κ2) is 9.45. The van der Waals surface area contributed by atoms with E-state index in [-0.39, 0.29) is 11.7 Å². The highest BCUT2D eigenvalue weighted by Gasteiger charge is 2.15. The highest BCUT2D eigenvalue weighted by molar-refractivity contribution is 9.10. The normalized spacial score (nSPS) is 10.8. The monoisotopic (exact) mass is 474 g/mol. The summed E-state index contributed by atoms with van der Waals surface area (Å²) in [7, 11) is 0. The van der Waals surface area contributed by atoms with Crippen molar-refractivity contribution in [3.8, 4) is 11.4 Å². The Balaban J connectivity index is 1.71. The average molecular weight is 475 g/mol. The molecule has 0 aliphatic carbocycles. The summed E-state index contributed by atoms with van der Waals surface area (Å²) < 4.78 is 8.43. The van der Waals surface area contributed by atoms with Crippen molar-refractivity contribution in [1.29, 1.82) is 0 Å². The topological polar surface area (TPSA) is 69.0 Å². The van der Waals surface area contributed by atoms with Gasteiger partial charge in [-0.25, -0.2) is 0 Å². The summed E-state index contributed by atoms with van der Waals surface area (Å²) in [5.41, 5.74) is 3.81. The number of ether oxygens (including phenoxy) is 1. The highest BCUT2D eigenvalue weighted by Crippen LogP contribution is 2.27. The Morgan fingerprint density at radius 2 is 1.79 bits per heavy atom. The SMILES string of the molecule is CCOc1ccc(-n2c(C)nnc2SCC(=O)Nc2c(C)cc(Br)cc2C)cc1. The molecule has 0 aliphatic heterocycles. The minimum Gasteiger partial charge on any atom is -0.494 e. The largest absolute Gasteiger partial charge is 0.494 e. The first-order chi connectivity index (χ1) is 13.9. The first kappa shape index (κ1) is 21.4. The van der Waals surface area contributed by atoms with Gasteiger partial charge in [-0.15, -0.1) is 10.2 Å². The van der Waals surface area contributed by atoms with Crippen LogP contribution in [0.2, 0.25) is 0 Å². The number of rotatable bonds is 7. The van der Waals surface area contributed by atoms with E-state index in [4.69, 9.17) is 4.74 Å². The van der Waals surface area contributed by atoms with Gasteiger partial charge in [0.15, 0.2) is 5.16 Å². The number of nitrogens with zero attached hydrogens (tertiary/aromatic N) is 3. The smallest absolute Gasteiger partial charge is 0.234 e. The average Bonchev–Trinajstić information content (AvgIpc) is 3.04. The first-order valence-corrected chi connectivity index (χ1v) is 11.0. The number of carbonyl (C=O) groups is 1. The third kappa shape index (κ3) is 5.19. The van der Waals surface area contributed by atoms with Crippen LogP contribution in [-0.2, 0) is 4.79 Å². The van der Waals surface area contributed by atoms with E-state index in [0.29, 0.717) is 11.8 Å². The van der Waals surface area contributed by atoms with Gasteiger partial charge in [-0.1, -0.05) is 27.7 Å². The number of aryl methyl sites for hydroxylation is 3. The molecule has 0 aliphatic rings. The van der Waals surface area contributed by atoms with E-state index in [0.717, 1.165) is 38.5 Å². The lowest BCUT2D eigenvalue weighted by atomic mass is 10.1. The Morgan fingerprint density at radius 1 is 1.14 bits per heavy atom. The molecule has 0 radical (unpaired) electrons. The summed E-state index contributed by atoms with van der Waals surface area (Å²) in [5.74, 6) is 1.74. The van der Waals surface area contributed by atoms with E-state index in [1.54, 1.807) is 0 Å². The number of amides is 1. The maximum absolute atomic E-state index is 12.5. The van der Waals surface area contributed by atoms with E-state index in [9.17, 15) is 4.79 Å². The van der Waals surface area contributed by atoms with Crippen molar-refractivity contribution >= 4 is 39.3 Å². The molecule has 8 heteroatoms. The Labute approximate surface area is 183 Å². The van der Waals surface area contributed by atoms with Gasteiger partial charge in [0.25, 0.3) is 0 Å². The third-order valence-corrected chi connectivity index (χ3v) is 5.68.